The minimum atomic E-state index is -0.464. The molecule has 0 spiro atoms. The summed E-state index contributed by atoms with van der Waals surface area (Å²) >= 11 is 1.11. The molecule has 0 aliphatic carbocycles. The lowest BCUT2D eigenvalue weighted by atomic mass is 10.1. The van der Waals surface area contributed by atoms with Crippen LogP contribution in [-0.4, -0.2) is 32.0 Å². The number of nitrogens with zero attached hydrogens (tertiary/aromatic N) is 5. The largest absolute Gasteiger partial charge is 0.283 e. The Kier molecular flexibility index (Phi) is 7.75. The summed E-state index contributed by atoms with van der Waals surface area (Å²) in [5.74, 6) is -0.417. The zero-order valence-electron chi connectivity index (χ0n) is 20.3. The fourth-order valence-electron chi connectivity index (χ4n) is 3.66. The zero-order chi connectivity index (χ0) is 27.0. The van der Waals surface area contributed by atoms with Gasteiger partial charge < -0.3 is 0 Å². The van der Waals surface area contributed by atoms with Gasteiger partial charge in [0.2, 0.25) is 0 Å². The average Bonchev–Trinajstić information content (AvgIpc) is 2.99. The molecule has 0 radical (unpaired) electrons. The molecule has 1 N–H and O–H groups in total. The Bertz CT molecular complexity index is 1590. The van der Waals surface area contributed by atoms with Gasteiger partial charge in [0, 0.05) is 40.7 Å². The lowest BCUT2D eigenvalue weighted by Crippen LogP contribution is -2.17. The van der Waals surface area contributed by atoms with Gasteiger partial charge in [-0.25, -0.2) is 15.4 Å². The number of hydrogen-bond acceptors (Lipinski definition) is 8. The van der Waals surface area contributed by atoms with E-state index in [1.54, 1.807) is 24.3 Å². The number of aromatic nitrogens is 3. The molecule has 1 amide bonds. The first kappa shape index (κ1) is 25.4. The lowest BCUT2D eigenvalue weighted by molar-refractivity contribution is -0.387. The highest BCUT2D eigenvalue weighted by Gasteiger charge is 2.18. The van der Waals surface area contributed by atoms with Crippen LogP contribution in [0.3, 0.4) is 0 Å². The third-order valence-electron chi connectivity index (χ3n) is 5.55. The number of nitrogens with one attached hydrogen (secondary N) is 1. The van der Waals surface area contributed by atoms with E-state index < -0.39 is 10.8 Å². The van der Waals surface area contributed by atoms with Crippen LogP contribution in [0.2, 0.25) is 0 Å². The van der Waals surface area contributed by atoms with Gasteiger partial charge in [0.05, 0.1) is 27.4 Å². The zero-order valence-corrected chi connectivity index (χ0v) is 21.2. The Labute approximate surface area is 227 Å². The second kappa shape index (κ2) is 11.9. The van der Waals surface area contributed by atoms with Gasteiger partial charge in [-0.05, 0) is 36.0 Å². The lowest BCUT2D eigenvalue weighted by Gasteiger charge is -2.09. The summed E-state index contributed by atoms with van der Waals surface area (Å²) in [6, 6.07) is 29.1. The van der Waals surface area contributed by atoms with Crippen LogP contribution in [0.25, 0.3) is 22.5 Å². The molecule has 10 heteroatoms. The Hall–Kier alpha value is -5.22. The number of nitro benzene ring substituents is 1. The van der Waals surface area contributed by atoms with E-state index in [0.717, 1.165) is 22.9 Å². The van der Waals surface area contributed by atoms with Crippen LogP contribution in [0.5, 0.6) is 0 Å². The third kappa shape index (κ3) is 6.38. The molecule has 2 heterocycles. The number of benzene rings is 3. The summed E-state index contributed by atoms with van der Waals surface area (Å²) < 4.78 is 0. The molecule has 2 aromatic heterocycles. The standard InChI is InChI=1S/C29H20N6O3S/c36-28(23-13-15-30-16-14-23)34-31-19-20-11-12-27(26(17-20)35(37)38)39-29-32-24(21-7-3-1-4-8-21)18-25(33-29)22-9-5-2-6-10-22/h1-19H,(H,34,36)/b31-19+. The summed E-state index contributed by atoms with van der Waals surface area (Å²) in [4.78, 5) is 37.3. The maximum absolute atomic E-state index is 12.1. The van der Waals surface area contributed by atoms with Crippen molar-refractivity contribution in [1.29, 1.82) is 0 Å². The summed E-state index contributed by atoms with van der Waals surface area (Å²) in [6.07, 6.45) is 4.35. The molecule has 0 saturated heterocycles. The Morgan fingerprint density at radius 2 is 1.46 bits per heavy atom. The van der Waals surface area contributed by atoms with Crippen LogP contribution in [0.1, 0.15) is 15.9 Å². The van der Waals surface area contributed by atoms with E-state index >= 15 is 0 Å². The van der Waals surface area contributed by atoms with Crippen molar-refractivity contribution in [1.82, 2.24) is 20.4 Å². The number of amides is 1. The van der Waals surface area contributed by atoms with Crippen LogP contribution in [0.15, 0.2) is 125 Å². The maximum Gasteiger partial charge on any atom is 0.283 e. The highest BCUT2D eigenvalue weighted by molar-refractivity contribution is 7.99. The van der Waals surface area contributed by atoms with E-state index in [1.807, 2.05) is 66.7 Å². The molecule has 190 valence electrons. The summed E-state index contributed by atoms with van der Waals surface area (Å²) in [5, 5.41) is 16.2. The van der Waals surface area contributed by atoms with Crippen LogP contribution in [0, 0.1) is 10.1 Å². The molecule has 0 saturated carbocycles. The van der Waals surface area contributed by atoms with E-state index in [9.17, 15) is 14.9 Å². The first-order chi connectivity index (χ1) is 19.1. The Morgan fingerprint density at radius 3 is 2.05 bits per heavy atom. The minimum absolute atomic E-state index is 0.126. The van der Waals surface area contributed by atoms with Crippen molar-refractivity contribution in [2.75, 3.05) is 0 Å². The van der Waals surface area contributed by atoms with E-state index in [1.165, 1.54) is 24.7 Å². The van der Waals surface area contributed by atoms with Gasteiger partial charge in [0.1, 0.15) is 0 Å². The molecule has 0 aliphatic heterocycles. The number of carbonyl (C=O) groups is 1. The SMILES string of the molecule is O=C(N/N=C/c1ccc(Sc2nc(-c3ccccc3)cc(-c3ccccc3)n2)c([N+](=O)[O-])c1)c1ccncc1. The maximum atomic E-state index is 12.1. The molecular weight excluding hydrogens is 512 g/mol. The van der Waals surface area contributed by atoms with Gasteiger partial charge >= 0.3 is 0 Å². The van der Waals surface area contributed by atoms with E-state index in [4.69, 9.17) is 9.97 Å². The minimum Gasteiger partial charge on any atom is -0.267 e. The van der Waals surface area contributed by atoms with E-state index in [-0.39, 0.29) is 5.69 Å². The predicted octanol–water partition coefficient (Wildman–Crippen LogP) is 6.03. The molecule has 9 nitrogen and oxygen atoms in total. The van der Waals surface area contributed by atoms with Crippen LogP contribution in [0.4, 0.5) is 5.69 Å². The van der Waals surface area contributed by atoms with Crippen molar-refractivity contribution in [2.45, 2.75) is 10.1 Å². The number of nitro groups is 1. The normalized spacial score (nSPS) is 10.9. The Morgan fingerprint density at radius 1 is 0.846 bits per heavy atom. The van der Waals surface area contributed by atoms with E-state index in [0.29, 0.717) is 32.6 Å². The molecule has 0 atom stereocenters. The molecule has 0 aliphatic rings. The molecule has 0 fully saturated rings. The first-order valence-corrected chi connectivity index (χ1v) is 12.6. The molecule has 5 aromatic rings. The molecule has 39 heavy (non-hydrogen) atoms. The monoisotopic (exact) mass is 532 g/mol. The second-order valence-corrected chi connectivity index (χ2v) is 9.18. The molecular formula is C29H20N6O3S. The molecule has 0 bridgehead atoms. The van der Waals surface area contributed by atoms with Crippen molar-refractivity contribution < 1.29 is 9.72 Å². The van der Waals surface area contributed by atoms with Gasteiger partial charge in [-0.1, -0.05) is 66.7 Å². The number of hydrazone groups is 1. The smallest absolute Gasteiger partial charge is 0.267 e. The van der Waals surface area contributed by atoms with Gasteiger partial charge in [-0.2, -0.15) is 5.10 Å². The van der Waals surface area contributed by atoms with Crippen molar-refractivity contribution in [3.63, 3.8) is 0 Å². The quantitative estimate of drug-likeness (QED) is 0.112. The average molecular weight is 533 g/mol. The van der Waals surface area contributed by atoms with Crippen molar-refractivity contribution in [3.8, 4) is 22.5 Å². The highest BCUT2D eigenvalue weighted by atomic mass is 32.2. The second-order valence-electron chi connectivity index (χ2n) is 8.17. The van der Waals surface area contributed by atoms with Gasteiger partial charge in [-0.3, -0.25) is 19.9 Å². The number of carbonyl (C=O) groups excluding carboxylic acids is 1. The third-order valence-corrected chi connectivity index (χ3v) is 6.48. The van der Waals surface area contributed by atoms with E-state index in [2.05, 4.69) is 15.5 Å². The van der Waals surface area contributed by atoms with Crippen LogP contribution < -0.4 is 5.43 Å². The number of hydrogen-bond donors (Lipinski definition) is 1. The predicted molar refractivity (Wildman–Crippen MR) is 149 cm³/mol. The van der Waals surface area contributed by atoms with Crippen LogP contribution >= 0.6 is 11.8 Å². The summed E-state index contributed by atoms with van der Waals surface area (Å²) in [6.45, 7) is 0. The molecule has 3 aromatic carbocycles. The van der Waals surface area contributed by atoms with Gasteiger partial charge in [-0.15, -0.1) is 0 Å². The fraction of sp³-hybridized carbons (Fsp3) is 0. The number of pyridine rings is 1. The highest BCUT2D eigenvalue weighted by Crippen LogP contribution is 2.35. The topological polar surface area (TPSA) is 123 Å². The van der Waals surface area contributed by atoms with Gasteiger partial charge in [0.25, 0.3) is 11.6 Å². The summed E-state index contributed by atoms with van der Waals surface area (Å²) in [5.41, 5.74) is 6.37. The fourth-order valence-corrected chi connectivity index (χ4v) is 4.52. The van der Waals surface area contributed by atoms with Crippen molar-refractivity contribution in [3.05, 3.63) is 131 Å². The van der Waals surface area contributed by atoms with Crippen molar-refractivity contribution >= 4 is 29.6 Å². The molecule has 0 unspecified atom stereocenters. The summed E-state index contributed by atoms with van der Waals surface area (Å²) in [7, 11) is 0. The van der Waals surface area contributed by atoms with Gasteiger partial charge in [0.15, 0.2) is 5.16 Å². The van der Waals surface area contributed by atoms with Crippen LogP contribution in [-0.2, 0) is 0 Å². The van der Waals surface area contributed by atoms with Crippen molar-refractivity contribution in [2.24, 2.45) is 5.10 Å². The Balaban J connectivity index is 1.43. The first-order valence-electron chi connectivity index (χ1n) is 11.8. The number of rotatable bonds is 8. The molecule has 5 rings (SSSR count).